The van der Waals surface area contributed by atoms with E-state index in [0.717, 1.165) is 47.6 Å². The standard InChI is InChI=1S/C20H19ClN6/c1-13-7-8-16(27-22-9-10-23-27)18(12-13)26-11-3-6-17(26)20-24-15-5-2-4-14(21)19(15)25-20/h2,4-5,7-10,12,17H,3,6,11H2,1H3,(H,24,25)/t17-/m0/s1. The summed E-state index contributed by atoms with van der Waals surface area (Å²) in [6, 6.07) is 12.4. The van der Waals surface area contributed by atoms with Gasteiger partial charge in [0.1, 0.15) is 17.0 Å². The molecule has 136 valence electrons. The van der Waals surface area contributed by atoms with Gasteiger partial charge in [0.05, 0.1) is 34.7 Å². The number of anilines is 1. The third kappa shape index (κ3) is 2.77. The molecule has 0 bridgehead atoms. The highest BCUT2D eigenvalue weighted by Crippen LogP contribution is 2.39. The molecule has 5 rings (SSSR count). The van der Waals surface area contributed by atoms with Crippen LogP contribution in [0.1, 0.15) is 30.3 Å². The lowest BCUT2D eigenvalue weighted by molar-refractivity contribution is 0.670. The zero-order chi connectivity index (χ0) is 18.4. The minimum Gasteiger partial charge on any atom is -0.360 e. The number of nitrogens with zero attached hydrogens (tertiary/aromatic N) is 5. The van der Waals surface area contributed by atoms with Gasteiger partial charge < -0.3 is 9.88 Å². The van der Waals surface area contributed by atoms with Gasteiger partial charge in [-0.05, 0) is 49.6 Å². The number of benzene rings is 2. The zero-order valence-electron chi connectivity index (χ0n) is 14.9. The summed E-state index contributed by atoms with van der Waals surface area (Å²) in [5.41, 5.74) is 5.12. The van der Waals surface area contributed by atoms with Crippen LogP contribution in [0.5, 0.6) is 0 Å². The monoisotopic (exact) mass is 378 g/mol. The van der Waals surface area contributed by atoms with Crippen molar-refractivity contribution in [3.63, 3.8) is 0 Å². The molecule has 1 N–H and O–H groups in total. The average Bonchev–Trinajstić information content (AvgIpc) is 3.41. The van der Waals surface area contributed by atoms with Crippen molar-refractivity contribution in [2.75, 3.05) is 11.4 Å². The summed E-state index contributed by atoms with van der Waals surface area (Å²) in [6.45, 7) is 3.07. The lowest BCUT2D eigenvalue weighted by Crippen LogP contribution is -2.25. The van der Waals surface area contributed by atoms with Crippen molar-refractivity contribution in [3.05, 3.63) is 65.2 Å². The van der Waals surface area contributed by atoms with E-state index >= 15 is 0 Å². The SMILES string of the molecule is Cc1ccc(-n2nccn2)c(N2CCC[C@H]2c2nc3c(Cl)cccc3[nH]2)c1. The quantitative estimate of drug-likeness (QED) is 0.572. The van der Waals surface area contributed by atoms with E-state index in [0.29, 0.717) is 5.02 Å². The first kappa shape index (κ1) is 16.3. The Bertz CT molecular complexity index is 1100. The number of fused-ring (bicyclic) bond motifs is 1. The molecule has 3 heterocycles. The number of H-pyrrole nitrogens is 1. The molecular weight excluding hydrogens is 360 g/mol. The second-order valence-electron chi connectivity index (χ2n) is 6.92. The summed E-state index contributed by atoms with van der Waals surface area (Å²) < 4.78 is 0. The summed E-state index contributed by atoms with van der Waals surface area (Å²) in [6.07, 6.45) is 5.55. The molecule has 0 radical (unpaired) electrons. The molecule has 1 fully saturated rings. The summed E-state index contributed by atoms with van der Waals surface area (Å²) >= 11 is 6.33. The van der Waals surface area contributed by atoms with Gasteiger partial charge in [0.25, 0.3) is 0 Å². The predicted octanol–water partition coefficient (Wildman–Crippen LogP) is 4.45. The summed E-state index contributed by atoms with van der Waals surface area (Å²) in [5, 5.41) is 9.34. The van der Waals surface area contributed by atoms with Crippen LogP contribution in [0.3, 0.4) is 0 Å². The Morgan fingerprint density at radius 3 is 2.78 bits per heavy atom. The lowest BCUT2D eigenvalue weighted by Gasteiger charge is -2.27. The molecule has 6 nitrogen and oxygen atoms in total. The number of rotatable bonds is 3. The Balaban J connectivity index is 1.60. The molecule has 0 saturated carbocycles. The highest BCUT2D eigenvalue weighted by molar-refractivity contribution is 6.34. The van der Waals surface area contributed by atoms with Crippen LogP contribution in [0.25, 0.3) is 16.7 Å². The fraction of sp³-hybridized carbons (Fsp3) is 0.250. The van der Waals surface area contributed by atoms with Crippen LogP contribution in [0.15, 0.2) is 48.8 Å². The number of nitrogens with one attached hydrogen (secondary N) is 1. The van der Waals surface area contributed by atoms with E-state index in [4.69, 9.17) is 16.6 Å². The molecule has 0 amide bonds. The van der Waals surface area contributed by atoms with Crippen molar-refractivity contribution >= 4 is 28.3 Å². The number of aromatic nitrogens is 5. The normalized spacial score (nSPS) is 17.1. The van der Waals surface area contributed by atoms with Crippen molar-refractivity contribution < 1.29 is 0 Å². The molecule has 7 heteroatoms. The maximum Gasteiger partial charge on any atom is 0.130 e. The molecule has 1 aliphatic rings. The van der Waals surface area contributed by atoms with Gasteiger partial charge in [0.15, 0.2) is 0 Å². The van der Waals surface area contributed by atoms with E-state index in [1.54, 1.807) is 17.2 Å². The molecule has 27 heavy (non-hydrogen) atoms. The number of hydrogen-bond donors (Lipinski definition) is 1. The average molecular weight is 379 g/mol. The number of imidazole rings is 1. The van der Waals surface area contributed by atoms with Gasteiger partial charge in [-0.1, -0.05) is 23.7 Å². The van der Waals surface area contributed by atoms with Crippen LogP contribution in [0, 0.1) is 6.92 Å². The molecule has 1 aliphatic heterocycles. The summed E-state index contributed by atoms with van der Waals surface area (Å²) in [5.74, 6) is 0.955. The molecule has 0 aliphatic carbocycles. The minimum atomic E-state index is 0.171. The van der Waals surface area contributed by atoms with Crippen LogP contribution >= 0.6 is 11.6 Å². The molecule has 1 atom stereocenters. The van der Waals surface area contributed by atoms with Gasteiger partial charge in [0.2, 0.25) is 0 Å². The molecule has 2 aromatic carbocycles. The largest absolute Gasteiger partial charge is 0.360 e. The topological polar surface area (TPSA) is 62.6 Å². The predicted molar refractivity (Wildman–Crippen MR) is 107 cm³/mol. The van der Waals surface area contributed by atoms with Crippen molar-refractivity contribution in [1.29, 1.82) is 0 Å². The Hall–Kier alpha value is -2.86. The van der Waals surface area contributed by atoms with Crippen LogP contribution in [0.4, 0.5) is 5.69 Å². The summed E-state index contributed by atoms with van der Waals surface area (Å²) in [4.78, 5) is 12.4. The van der Waals surface area contributed by atoms with Crippen LogP contribution in [-0.2, 0) is 0 Å². The second-order valence-corrected chi connectivity index (χ2v) is 7.33. The van der Waals surface area contributed by atoms with E-state index in [1.165, 1.54) is 5.56 Å². The Morgan fingerprint density at radius 2 is 1.96 bits per heavy atom. The van der Waals surface area contributed by atoms with Crippen LogP contribution in [-0.4, -0.2) is 31.5 Å². The summed E-state index contributed by atoms with van der Waals surface area (Å²) in [7, 11) is 0. The number of hydrogen-bond acceptors (Lipinski definition) is 4. The highest BCUT2D eigenvalue weighted by Gasteiger charge is 2.31. The lowest BCUT2D eigenvalue weighted by atomic mass is 10.1. The highest BCUT2D eigenvalue weighted by atomic mass is 35.5. The van der Waals surface area contributed by atoms with Crippen molar-refractivity contribution in [3.8, 4) is 5.69 Å². The minimum absolute atomic E-state index is 0.171. The first-order valence-electron chi connectivity index (χ1n) is 9.09. The molecule has 0 unspecified atom stereocenters. The van der Waals surface area contributed by atoms with Gasteiger partial charge in [-0.25, -0.2) is 4.98 Å². The smallest absolute Gasteiger partial charge is 0.130 e. The van der Waals surface area contributed by atoms with E-state index < -0.39 is 0 Å². The van der Waals surface area contributed by atoms with Gasteiger partial charge in [-0.2, -0.15) is 10.2 Å². The Labute approximate surface area is 161 Å². The number of para-hydroxylation sites is 1. The molecule has 0 spiro atoms. The van der Waals surface area contributed by atoms with Gasteiger partial charge in [0, 0.05) is 6.54 Å². The first-order valence-corrected chi connectivity index (χ1v) is 9.46. The first-order chi connectivity index (χ1) is 13.2. The Kier molecular flexibility index (Phi) is 3.86. The van der Waals surface area contributed by atoms with Crippen molar-refractivity contribution in [2.24, 2.45) is 0 Å². The van der Waals surface area contributed by atoms with Gasteiger partial charge in [-0.3, -0.25) is 0 Å². The third-order valence-corrected chi connectivity index (χ3v) is 5.43. The van der Waals surface area contributed by atoms with E-state index in [9.17, 15) is 0 Å². The van der Waals surface area contributed by atoms with E-state index in [1.807, 2.05) is 18.2 Å². The van der Waals surface area contributed by atoms with Crippen molar-refractivity contribution in [1.82, 2.24) is 25.0 Å². The molecule has 2 aromatic heterocycles. The maximum absolute atomic E-state index is 6.33. The number of aromatic amines is 1. The van der Waals surface area contributed by atoms with Gasteiger partial charge in [-0.15, -0.1) is 4.80 Å². The second kappa shape index (κ2) is 6.39. The zero-order valence-corrected chi connectivity index (χ0v) is 15.7. The Morgan fingerprint density at radius 1 is 1.11 bits per heavy atom. The van der Waals surface area contributed by atoms with Gasteiger partial charge >= 0.3 is 0 Å². The van der Waals surface area contributed by atoms with E-state index in [-0.39, 0.29) is 6.04 Å². The molecule has 4 aromatic rings. The third-order valence-electron chi connectivity index (χ3n) is 5.12. The van der Waals surface area contributed by atoms with Crippen molar-refractivity contribution in [2.45, 2.75) is 25.8 Å². The van der Waals surface area contributed by atoms with E-state index in [2.05, 4.69) is 45.2 Å². The number of aryl methyl sites for hydroxylation is 1. The maximum atomic E-state index is 6.33. The fourth-order valence-electron chi connectivity index (χ4n) is 3.89. The van der Waals surface area contributed by atoms with Crippen LogP contribution in [0.2, 0.25) is 5.02 Å². The number of halogens is 1. The fourth-order valence-corrected chi connectivity index (χ4v) is 4.10. The molecular formula is C20H19ClN6. The van der Waals surface area contributed by atoms with Crippen LogP contribution < -0.4 is 4.90 Å². The molecule has 1 saturated heterocycles.